The summed E-state index contributed by atoms with van der Waals surface area (Å²) in [6.45, 7) is 7.54. The van der Waals surface area contributed by atoms with Gasteiger partial charge < -0.3 is 14.7 Å². The summed E-state index contributed by atoms with van der Waals surface area (Å²) >= 11 is 0. The van der Waals surface area contributed by atoms with Crippen LogP contribution in [-0.2, 0) is 4.74 Å². The monoisotopic (exact) mass is 315 g/mol. The van der Waals surface area contributed by atoms with E-state index in [0.29, 0.717) is 24.4 Å². The topological polar surface area (TPSA) is 32.7 Å². The van der Waals surface area contributed by atoms with E-state index < -0.39 is 0 Å². The van der Waals surface area contributed by atoms with Crippen LogP contribution in [0.25, 0.3) is 0 Å². The Labute approximate surface area is 140 Å². The summed E-state index contributed by atoms with van der Waals surface area (Å²) in [5.41, 5.74) is 3.70. The van der Waals surface area contributed by atoms with E-state index in [0.717, 1.165) is 0 Å². The third kappa shape index (κ3) is 2.50. The van der Waals surface area contributed by atoms with Gasteiger partial charge >= 0.3 is 0 Å². The van der Waals surface area contributed by atoms with Gasteiger partial charge in [-0.1, -0.05) is 37.6 Å². The van der Waals surface area contributed by atoms with Crippen molar-refractivity contribution in [2.45, 2.75) is 26.9 Å². The lowest BCUT2D eigenvalue weighted by Gasteiger charge is -2.55. The molecule has 2 aliphatic rings. The zero-order valence-corrected chi connectivity index (χ0v) is 14.9. The Hall–Kier alpha value is -1.32. The van der Waals surface area contributed by atoms with Gasteiger partial charge in [0.2, 0.25) is 0 Å². The zero-order chi connectivity index (χ0) is 16.8. The van der Waals surface area contributed by atoms with Gasteiger partial charge in [-0.05, 0) is 36.5 Å². The number of aliphatic hydroxyl groups is 1. The van der Waals surface area contributed by atoms with E-state index in [1.165, 1.54) is 16.8 Å². The smallest absolute Gasteiger partial charge is 0.0893 e. The fourth-order valence-corrected chi connectivity index (χ4v) is 4.55. The first kappa shape index (κ1) is 16.5. The normalized spacial score (nSPS) is 36.5. The molecular weight excluding hydrogens is 286 g/mol. The number of fused-ring (bicyclic) bond motifs is 2. The van der Waals surface area contributed by atoms with Crippen LogP contribution in [0.3, 0.4) is 0 Å². The Balaban J connectivity index is 1.95. The maximum atomic E-state index is 10.1. The highest BCUT2D eigenvalue weighted by Gasteiger charge is 2.53. The quantitative estimate of drug-likeness (QED) is 0.864. The van der Waals surface area contributed by atoms with Crippen LogP contribution in [0.1, 0.15) is 32.4 Å². The number of nitrogens with zero attached hydrogens (tertiary/aromatic N) is 1. The fraction of sp³-hybridized carbons (Fsp3) is 0.600. The highest BCUT2D eigenvalue weighted by molar-refractivity contribution is 5.46. The highest BCUT2D eigenvalue weighted by Crippen LogP contribution is 2.55. The van der Waals surface area contributed by atoms with Crippen molar-refractivity contribution in [2.24, 2.45) is 23.2 Å². The Bertz CT molecular complexity index is 592. The number of ether oxygens (including phenoxy) is 1. The van der Waals surface area contributed by atoms with E-state index in [1.54, 1.807) is 0 Å². The van der Waals surface area contributed by atoms with Crippen LogP contribution >= 0.6 is 0 Å². The van der Waals surface area contributed by atoms with Gasteiger partial charge in [0.1, 0.15) is 0 Å². The molecule has 0 unspecified atom stereocenters. The number of aliphatic hydroxyl groups excluding tert-OH is 1. The molecule has 1 aromatic rings. The summed E-state index contributed by atoms with van der Waals surface area (Å²) in [7, 11) is 4.11. The minimum atomic E-state index is -0.135. The molecular formula is C20H29NO2. The maximum Gasteiger partial charge on any atom is 0.0893 e. The molecule has 1 saturated heterocycles. The highest BCUT2D eigenvalue weighted by atomic mass is 16.5. The standard InChI is InChI=1S/C20H29NO2/c1-13-10-14(2)20(11-22)12-23-19(18(13)15(20)3)16-6-8-17(9-7-16)21(4)5/h6-10,14-15,18-19,22H,11-12H2,1-5H3/t14-,15-,18+,19-,20+/m1/s1. The van der Waals surface area contributed by atoms with Crippen molar-refractivity contribution in [3.8, 4) is 0 Å². The second kappa shape index (κ2) is 5.95. The van der Waals surface area contributed by atoms with Crippen LogP contribution in [-0.4, -0.2) is 32.4 Å². The van der Waals surface area contributed by atoms with Gasteiger partial charge in [0.25, 0.3) is 0 Å². The van der Waals surface area contributed by atoms with Gasteiger partial charge in [-0.2, -0.15) is 0 Å². The molecule has 3 rings (SSSR count). The lowest BCUT2D eigenvalue weighted by Crippen LogP contribution is -2.53. The van der Waals surface area contributed by atoms with E-state index in [4.69, 9.17) is 4.74 Å². The van der Waals surface area contributed by atoms with Crippen molar-refractivity contribution in [2.75, 3.05) is 32.2 Å². The summed E-state index contributed by atoms with van der Waals surface area (Å²) < 4.78 is 6.32. The fourth-order valence-electron chi connectivity index (χ4n) is 4.55. The number of benzene rings is 1. The first-order valence-electron chi connectivity index (χ1n) is 8.59. The summed E-state index contributed by atoms with van der Waals surface area (Å²) in [4.78, 5) is 2.11. The molecule has 0 aromatic heterocycles. The predicted octanol–water partition coefficient (Wildman–Crippen LogP) is 3.65. The molecule has 0 spiro atoms. The second-order valence-electron chi connectivity index (χ2n) is 7.62. The summed E-state index contributed by atoms with van der Waals surface area (Å²) in [6, 6.07) is 8.68. The lowest BCUT2D eigenvalue weighted by atomic mass is 9.56. The summed E-state index contributed by atoms with van der Waals surface area (Å²) in [5.74, 6) is 1.12. The number of rotatable bonds is 3. The van der Waals surface area contributed by atoms with Crippen molar-refractivity contribution in [3.05, 3.63) is 41.5 Å². The van der Waals surface area contributed by atoms with E-state index in [1.807, 2.05) is 0 Å². The zero-order valence-electron chi connectivity index (χ0n) is 14.9. The molecule has 1 aromatic carbocycles. The minimum Gasteiger partial charge on any atom is -0.396 e. The van der Waals surface area contributed by atoms with Crippen molar-refractivity contribution < 1.29 is 9.84 Å². The molecule has 3 heteroatoms. The van der Waals surface area contributed by atoms with Crippen LogP contribution in [0, 0.1) is 23.2 Å². The molecule has 2 bridgehead atoms. The summed E-state index contributed by atoms with van der Waals surface area (Å²) in [5, 5.41) is 10.1. The largest absolute Gasteiger partial charge is 0.396 e. The number of hydrogen-bond acceptors (Lipinski definition) is 3. The van der Waals surface area contributed by atoms with E-state index >= 15 is 0 Å². The molecule has 0 amide bonds. The summed E-state index contributed by atoms with van der Waals surface area (Å²) in [6.07, 6.45) is 2.44. The first-order chi connectivity index (χ1) is 10.9. The molecule has 5 atom stereocenters. The van der Waals surface area contributed by atoms with Crippen LogP contribution in [0.15, 0.2) is 35.9 Å². The Morgan fingerprint density at radius 2 is 1.87 bits per heavy atom. The van der Waals surface area contributed by atoms with Crippen molar-refractivity contribution >= 4 is 5.69 Å². The Kier molecular flexibility index (Phi) is 4.28. The molecule has 0 saturated carbocycles. The van der Waals surface area contributed by atoms with Gasteiger partial charge in [-0.25, -0.2) is 0 Å². The molecule has 1 aliphatic heterocycles. The molecule has 1 fully saturated rings. The number of hydrogen-bond donors (Lipinski definition) is 1. The van der Waals surface area contributed by atoms with Gasteiger partial charge in [-0.15, -0.1) is 0 Å². The van der Waals surface area contributed by atoms with E-state index in [-0.39, 0.29) is 18.1 Å². The van der Waals surface area contributed by atoms with Crippen LogP contribution < -0.4 is 4.90 Å². The van der Waals surface area contributed by atoms with E-state index in [2.05, 4.69) is 70.1 Å². The molecule has 3 nitrogen and oxygen atoms in total. The Morgan fingerprint density at radius 3 is 2.43 bits per heavy atom. The third-order valence-corrected chi connectivity index (χ3v) is 6.28. The first-order valence-corrected chi connectivity index (χ1v) is 8.59. The third-order valence-electron chi connectivity index (χ3n) is 6.28. The van der Waals surface area contributed by atoms with Crippen molar-refractivity contribution in [3.63, 3.8) is 0 Å². The maximum absolute atomic E-state index is 10.1. The predicted molar refractivity (Wildman–Crippen MR) is 94.6 cm³/mol. The Morgan fingerprint density at radius 1 is 1.22 bits per heavy atom. The SMILES string of the molecule is CC1=C[C@@H](C)[C@]2(CO)CO[C@H](c3ccc(N(C)C)cc3)[C@@H]1[C@H]2C. The van der Waals surface area contributed by atoms with Crippen LogP contribution in [0.5, 0.6) is 0 Å². The second-order valence-corrected chi connectivity index (χ2v) is 7.62. The number of anilines is 1. The van der Waals surface area contributed by atoms with Crippen LogP contribution in [0.4, 0.5) is 5.69 Å². The average molecular weight is 315 g/mol. The van der Waals surface area contributed by atoms with Crippen molar-refractivity contribution in [1.82, 2.24) is 0 Å². The van der Waals surface area contributed by atoms with Gasteiger partial charge in [-0.3, -0.25) is 0 Å². The van der Waals surface area contributed by atoms with Crippen molar-refractivity contribution in [1.29, 1.82) is 0 Å². The molecule has 126 valence electrons. The molecule has 1 N–H and O–H groups in total. The lowest BCUT2D eigenvalue weighted by molar-refractivity contribution is -0.165. The molecule has 1 heterocycles. The van der Waals surface area contributed by atoms with Crippen LogP contribution in [0.2, 0.25) is 0 Å². The number of allylic oxidation sites excluding steroid dienone is 1. The van der Waals surface area contributed by atoms with Gasteiger partial charge in [0.05, 0.1) is 19.3 Å². The minimum absolute atomic E-state index is 0.0876. The molecule has 1 aliphatic carbocycles. The van der Waals surface area contributed by atoms with E-state index in [9.17, 15) is 5.11 Å². The average Bonchev–Trinajstić information content (AvgIpc) is 2.53. The molecule has 0 radical (unpaired) electrons. The molecule has 23 heavy (non-hydrogen) atoms. The van der Waals surface area contributed by atoms with Gasteiger partial charge in [0.15, 0.2) is 0 Å². The van der Waals surface area contributed by atoms with Gasteiger partial charge in [0, 0.05) is 31.1 Å².